The van der Waals surface area contributed by atoms with Gasteiger partial charge in [-0.1, -0.05) is 18.2 Å². The van der Waals surface area contributed by atoms with Crippen molar-refractivity contribution in [2.24, 2.45) is 0 Å². The molecule has 0 atom stereocenters. The molecule has 20 heavy (non-hydrogen) atoms. The Bertz CT molecular complexity index is 707. The first-order chi connectivity index (χ1) is 9.46. The van der Waals surface area contributed by atoms with Gasteiger partial charge in [-0.25, -0.2) is 13.2 Å². The van der Waals surface area contributed by atoms with Crippen LogP contribution in [0, 0.1) is 0 Å². The molecule has 1 aromatic heterocycles. The van der Waals surface area contributed by atoms with Crippen LogP contribution in [0.4, 0.5) is 5.69 Å². The van der Waals surface area contributed by atoms with E-state index in [1.165, 1.54) is 10.5 Å². The zero-order valence-corrected chi connectivity index (χ0v) is 11.6. The van der Waals surface area contributed by atoms with Gasteiger partial charge in [0.2, 0.25) is 0 Å². The Morgan fingerprint density at radius 3 is 2.45 bits per heavy atom. The summed E-state index contributed by atoms with van der Waals surface area (Å²) in [5.74, 6) is -1.20. The molecule has 6 nitrogen and oxygen atoms in total. The summed E-state index contributed by atoms with van der Waals surface area (Å²) in [6.45, 7) is 1.97. The summed E-state index contributed by atoms with van der Waals surface area (Å²) in [4.78, 5) is 13.2. The van der Waals surface area contributed by atoms with Crippen molar-refractivity contribution in [3.05, 3.63) is 48.3 Å². The number of hydrogen-bond acceptors (Lipinski definition) is 3. The summed E-state index contributed by atoms with van der Waals surface area (Å²) < 4.78 is 26.2. The number of aromatic nitrogens is 1. The average Bonchev–Trinajstić information content (AvgIpc) is 2.91. The van der Waals surface area contributed by atoms with E-state index in [9.17, 15) is 13.2 Å². The third-order valence-corrected chi connectivity index (χ3v) is 4.69. The minimum Gasteiger partial charge on any atom is -0.477 e. The summed E-state index contributed by atoms with van der Waals surface area (Å²) in [7, 11) is -3.78. The lowest BCUT2D eigenvalue weighted by atomic mass is 10.3. The van der Waals surface area contributed by atoms with Crippen LogP contribution < -0.4 is 4.31 Å². The van der Waals surface area contributed by atoms with E-state index < -0.39 is 16.0 Å². The maximum Gasteiger partial charge on any atom is 0.352 e. The Morgan fingerprint density at radius 2 is 1.95 bits per heavy atom. The van der Waals surface area contributed by atoms with Crippen molar-refractivity contribution in [3.63, 3.8) is 0 Å². The number of carboxylic acids is 1. The fourth-order valence-electron chi connectivity index (χ4n) is 1.86. The summed E-state index contributed by atoms with van der Waals surface area (Å²) in [6, 6.07) is 9.77. The van der Waals surface area contributed by atoms with E-state index in [0.717, 1.165) is 6.07 Å². The van der Waals surface area contributed by atoms with E-state index in [0.29, 0.717) is 5.69 Å². The summed E-state index contributed by atoms with van der Waals surface area (Å²) >= 11 is 0. The number of sulfonamides is 1. The Balaban J connectivity index is 2.44. The second-order valence-electron chi connectivity index (χ2n) is 4.06. The first-order valence-corrected chi connectivity index (χ1v) is 7.40. The molecule has 0 aliphatic rings. The van der Waals surface area contributed by atoms with Crippen LogP contribution >= 0.6 is 0 Å². The zero-order valence-electron chi connectivity index (χ0n) is 10.8. The average molecular weight is 294 g/mol. The highest BCUT2D eigenvalue weighted by atomic mass is 32.2. The van der Waals surface area contributed by atoms with Crippen molar-refractivity contribution < 1.29 is 18.3 Å². The minimum absolute atomic E-state index is 0.0689. The van der Waals surface area contributed by atoms with Crippen molar-refractivity contribution in [1.29, 1.82) is 0 Å². The largest absolute Gasteiger partial charge is 0.477 e. The zero-order chi connectivity index (χ0) is 14.8. The lowest BCUT2D eigenvalue weighted by Gasteiger charge is -2.22. The molecule has 1 aromatic carbocycles. The van der Waals surface area contributed by atoms with Crippen molar-refractivity contribution in [2.45, 2.75) is 11.8 Å². The van der Waals surface area contributed by atoms with E-state index in [4.69, 9.17) is 5.11 Å². The Morgan fingerprint density at radius 1 is 1.30 bits per heavy atom. The number of anilines is 1. The fourth-order valence-corrected chi connectivity index (χ4v) is 3.33. The number of aromatic carboxylic acids is 1. The number of para-hydroxylation sites is 1. The van der Waals surface area contributed by atoms with E-state index in [1.807, 2.05) is 0 Å². The van der Waals surface area contributed by atoms with Crippen LogP contribution in [0.5, 0.6) is 0 Å². The molecule has 0 aliphatic carbocycles. The number of rotatable bonds is 5. The van der Waals surface area contributed by atoms with Crippen molar-refractivity contribution in [1.82, 2.24) is 4.98 Å². The van der Waals surface area contributed by atoms with Gasteiger partial charge in [-0.3, -0.25) is 4.31 Å². The van der Waals surface area contributed by atoms with E-state index >= 15 is 0 Å². The van der Waals surface area contributed by atoms with Gasteiger partial charge in [-0.05, 0) is 25.1 Å². The molecule has 1 heterocycles. The molecule has 106 valence electrons. The third kappa shape index (κ3) is 2.53. The predicted octanol–water partition coefficient (Wildman–Crippen LogP) is 1.93. The van der Waals surface area contributed by atoms with Crippen LogP contribution in [-0.4, -0.2) is 31.0 Å². The summed E-state index contributed by atoms with van der Waals surface area (Å²) in [5, 5.41) is 8.84. The number of carbonyl (C=O) groups is 1. The molecule has 0 saturated carbocycles. The highest BCUT2D eigenvalue weighted by molar-refractivity contribution is 7.92. The van der Waals surface area contributed by atoms with Gasteiger partial charge in [-0.2, -0.15) is 0 Å². The Kier molecular flexibility index (Phi) is 3.80. The first kappa shape index (κ1) is 14.1. The predicted molar refractivity (Wildman–Crippen MR) is 74.4 cm³/mol. The number of nitrogens with one attached hydrogen (secondary N) is 1. The number of nitrogens with zero attached hydrogens (tertiary/aromatic N) is 1. The van der Waals surface area contributed by atoms with Crippen molar-refractivity contribution in [2.75, 3.05) is 10.8 Å². The molecule has 0 spiro atoms. The normalized spacial score (nSPS) is 11.2. The van der Waals surface area contributed by atoms with Gasteiger partial charge in [0, 0.05) is 12.7 Å². The molecule has 0 fully saturated rings. The van der Waals surface area contributed by atoms with E-state index in [2.05, 4.69) is 4.98 Å². The molecule has 0 bridgehead atoms. The smallest absolute Gasteiger partial charge is 0.352 e. The van der Waals surface area contributed by atoms with Gasteiger partial charge in [0.15, 0.2) is 0 Å². The number of carboxylic acid groups (broad SMARTS) is 1. The van der Waals surface area contributed by atoms with Crippen LogP contribution in [-0.2, 0) is 10.0 Å². The Labute approximate surface area is 116 Å². The molecule has 0 saturated heterocycles. The van der Waals surface area contributed by atoms with Gasteiger partial charge in [-0.15, -0.1) is 0 Å². The molecule has 7 heteroatoms. The molecule has 0 radical (unpaired) electrons. The maximum absolute atomic E-state index is 12.5. The molecule has 2 rings (SSSR count). The number of H-pyrrole nitrogens is 1. The molecule has 2 aromatic rings. The van der Waals surface area contributed by atoms with Crippen LogP contribution in [0.15, 0.2) is 47.5 Å². The van der Waals surface area contributed by atoms with Gasteiger partial charge in [0.25, 0.3) is 10.0 Å². The Hall–Kier alpha value is -2.28. The van der Waals surface area contributed by atoms with Gasteiger partial charge in [0.1, 0.15) is 10.6 Å². The second kappa shape index (κ2) is 5.38. The highest BCUT2D eigenvalue weighted by Crippen LogP contribution is 2.23. The maximum atomic E-state index is 12.5. The van der Waals surface area contributed by atoms with Crippen LogP contribution in [0.3, 0.4) is 0 Å². The van der Waals surface area contributed by atoms with Crippen molar-refractivity contribution >= 4 is 21.7 Å². The van der Waals surface area contributed by atoms with Crippen LogP contribution in [0.1, 0.15) is 17.4 Å². The highest BCUT2D eigenvalue weighted by Gasteiger charge is 2.25. The molecular weight excluding hydrogens is 280 g/mol. The molecule has 0 unspecified atom stereocenters. The fraction of sp³-hybridized carbons (Fsp3) is 0.154. The quantitative estimate of drug-likeness (QED) is 0.881. The second-order valence-corrected chi connectivity index (χ2v) is 5.92. The first-order valence-electron chi connectivity index (χ1n) is 5.96. The van der Waals surface area contributed by atoms with Gasteiger partial charge >= 0.3 is 5.97 Å². The number of aromatic amines is 1. The van der Waals surface area contributed by atoms with Crippen LogP contribution in [0.2, 0.25) is 0 Å². The summed E-state index contributed by atoms with van der Waals surface area (Å²) in [5.41, 5.74) is 0.376. The van der Waals surface area contributed by atoms with Gasteiger partial charge in [0.05, 0.1) is 5.69 Å². The lowest BCUT2D eigenvalue weighted by molar-refractivity contribution is 0.0691. The lowest BCUT2D eigenvalue weighted by Crippen LogP contribution is -2.30. The minimum atomic E-state index is -3.78. The number of benzene rings is 1. The standard InChI is InChI=1S/C13H14N2O4S/c1-2-15(10-6-4-3-5-7-10)20(18,19)11-8-12(13(16)17)14-9-11/h3-9,14H,2H2,1H3,(H,16,17). The molecule has 0 aliphatic heterocycles. The molecule has 2 N–H and O–H groups in total. The monoisotopic (exact) mass is 294 g/mol. The topological polar surface area (TPSA) is 90.5 Å². The third-order valence-electron chi connectivity index (χ3n) is 2.81. The van der Waals surface area contributed by atoms with Crippen molar-refractivity contribution in [3.8, 4) is 0 Å². The SMILES string of the molecule is CCN(c1ccccc1)S(=O)(=O)c1c[nH]c(C(=O)O)c1. The van der Waals surface area contributed by atoms with Gasteiger partial charge < -0.3 is 10.1 Å². The van der Waals surface area contributed by atoms with Crippen LogP contribution in [0.25, 0.3) is 0 Å². The van der Waals surface area contributed by atoms with E-state index in [1.54, 1.807) is 37.3 Å². The van der Waals surface area contributed by atoms with E-state index in [-0.39, 0.29) is 17.1 Å². The molecular formula is C13H14N2O4S. The number of hydrogen-bond donors (Lipinski definition) is 2. The molecule has 0 amide bonds. The summed E-state index contributed by atoms with van der Waals surface area (Å²) in [6.07, 6.45) is 1.18.